The number of carbonyl (C=O) groups is 2. The molecule has 9 nitrogen and oxygen atoms in total. The van der Waals surface area contributed by atoms with Crippen molar-refractivity contribution in [1.29, 1.82) is 0 Å². The zero-order valence-electron chi connectivity index (χ0n) is 17.6. The van der Waals surface area contributed by atoms with Gasteiger partial charge in [-0.25, -0.2) is 13.4 Å². The van der Waals surface area contributed by atoms with E-state index in [1.165, 1.54) is 0 Å². The molecule has 1 aromatic carbocycles. The van der Waals surface area contributed by atoms with Crippen LogP contribution in [0.4, 0.5) is 10.8 Å². The Kier molecular flexibility index (Phi) is 8.57. The molecule has 0 bridgehead atoms. The van der Waals surface area contributed by atoms with Crippen LogP contribution >= 0.6 is 27.3 Å². The molecule has 4 N–H and O–H groups in total. The van der Waals surface area contributed by atoms with Crippen molar-refractivity contribution in [1.82, 2.24) is 4.98 Å². The van der Waals surface area contributed by atoms with E-state index in [0.29, 0.717) is 27.7 Å². The molecular formula is C19H25BrN4O5S2. The Balaban J connectivity index is 2.02. The first kappa shape index (κ1) is 25.2. The van der Waals surface area contributed by atoms with Crippen molar-refractivity contribution in [3.63, 3.8) is 0 Å². The van der Waals surface area contributed by atoms with Crippen LogP contribution in [-0.4, -0.2) is 38.1 Å². The monoisotopic (exact) mass is 532 g/mol. The summed E-state index contributed by atoms with van der Waals surface area (Å²) in [6.07, 6.45) is 0.540. The fraction of sp³-hybridized carbons (Fsp3) is 0.421. The van der Waals surface area contributed by atoms with Crippen LogP contribution < -0.4 is 21.1 Å². The lowest BCUT2D eigenvalue weighted by molar-refractivity contribution is -0.123. The maximum absolute atomic E-state index is 12.3. The topological polar surface area (TPSA) is 140 Å². The summed E-state index contributed by atoms with van der Waals surface area (Å²) in [6, 6.07) is 5.37. The van der Waals surface area contributed by atoms with Crippen LogP contribution in [-0.2, 0) is 19.4 Å². The van der Waals surface area contributed by atoms with Gasteiger partial charge < -0.3 is 21.1 Å². The number of amides is 2. The Hall–Kier alpha value is -2.02. The van der Waals surface area contributed by atoms with Crippen molar-refractivity contribution in [2.75, 3.05) is 23.5 Å². The normalized spacial score (nSPS) is 12.5. The number of hydrogen-bond acceptors (Lipinski definition) is 8. The van der Waals surface area contributed by atoms with Gasteiger partial charge in [-0.2, -0.15) is 0 Å². The first-order valence-corrected chi connectivity index (χ1v) is 12.9. The standard InChI is InChI=1S/C19H25BrN4O5S2/c1-10(2)9-29-13-7-11(3)5-6-12(13)22-14(25)8-15(26)23-19-24-16(17(20)30-19)18(21)31(4,27)28/h5-7,10,18H,8-9,21H2,1-4H3,(H,22,25)(H,23,24,26). The van der Waals surface area contributed by atoms with E-state index in [2.05, 4.69) is 31.5 Å². The molecule has 170 valence electrons. The summed E-state index contributed by atoms with van der Waals surface area (Å²) in [5, 5.41) is 3.98. The van der Waals surface area contributed by atoms with Crippen molar-refractivity contribution >= 4 is 59.7 Å². The summed E-state index contributed by atoms with van der Waals surface area (Å²) in [6.45, 7) is 6.44. The third-order valence-electron chi connectivity index (χ3n) is 3.89. The molecule has 1 atom stereocenters. The van der Waals surface area contributed by atoms with Gasteiger partial charge in [0, 0.05) is 6.26 Å². The molecule has 0 fully saturated rings. The van der Waals surface area contributed by atoms with E-state index in [-0.39, 0.29) is 10.8 Å². The quantitative estimate of drug-likeness (QED) is 0.421. The number of nitrogens with one attached hydrogen (secondary N) is 2. The SMILES string of the molecule is Cc1ccc(NC(=O)CC(=O)Nc2nc(C(N)S(C)(=O)=O)c(Br)s2)c(OCC(C)C)c1. The minimum atomic E-state index is -3.56. The van der Waals surface area contributed by atoms with Gasteiger partial charge in [0.25, 0.3) is 0 Å². The van der Waals surface area contributed by atoms with Crippen LogP contribution in [0, 0.1) is 12.8 Å². The lowest BCUT2D eigenvalue weighted by Crippen LogP contribution is -2.23. The number of halogens is 1. The molecule has 0 aliphatic rings. The Morgan fingerprint density at radius 3 is 2.52 bits per heavy atom. The Morgan fingerprint density at radius 1 is 1.26 bits per heavy atom. The molecule has 0 radical (unpaired) electrons. The fourth-order valence-electron chi connectivity index (χ4n) is 2.36. The first-order chi connectivity index (χ1) is 14.4. The highest BCUT2D eigenvalue weighted by molar-refractivity contribution is 9.11. The predicted molar refractivity (Wildman–Crippen MR) is 125 cm³/mol. The van der Waals surface area contributed by atoms with E-state index >= 15 is 0 Å². The minimum Gasteiger partial charge on any atom is -0.491 e. The number of nitrogens with two attached hydrogens (primary N) is 1. The van der Waals surface area contributed by atoms with E-state index in [4.69, 9.17) is 10.5 Å². The van der Waals surface area contributed by atoms with Gasteiger partial charge in [-0.1, -0.05) is 31.3 Å². The van der Waals surface area contributed by atoms with Gasteiger partial charge >= 0.3 is 0 Å². The van der Waals surface area contributed by atoms with Gasteiger partial charge in [-0.05, 0) is 46.5 Å². The van der Waals surface area contributed by atoms with E-state index in [1.54, 1.807) is 6.07 Å². The Morgan fingerprint density at radius 2 is 1.90 bits per heavy atom. The molecule has 12 heteroatoms. The predicted octanol–water partition coefficient (Wildman–Crippen LogP) is 3.22. The van der Waals surface area contributed by atoms with Crippen molar-refractivity contribution in [3.8, 4) is 5.75 Å². The number of anilines is 2. The average molecular weight is 533 g/mol. The Labute approximate surface area is 193 Å². The maximum Gasteiger partial charge on any atom is 0.235 e. The summed E-state index contributed by atoms with van der Waals surface area (Å²) < 4.78 is 29.4. The maximum atomic E-state index is 12.3. The number of aromatic nitrogens is 1. The van der Waals surface area contributed by atoms with Crippen molar-refractivity contribution < 1.29 is 22.7 Å². The number of nitrogens with zero attached hydrogens (tertiary/aromatic N) is 1. The third-order valence-corrected chi connectivity index (χ3v) is 6.70. The summed E-state index contributed by atoms with van der Waals surface area (Å²) >= 11 is 4.21. The fourth-order valence-corrected chi connectivity index (χ4v) is 4.71. The number of rotatable bonds is 9. The van der Waals surface area contributed by atoms with Crippen LogP contribution in [0.2, 0.25) is 0 Å². The smallest absolute Gasteiger partial charge is 0.235 e. The van der Waals surface area contributed by atoms with E-state index in [9.17, 15) is 18.0 Å². The van der Waals surface area contributed by atoms with Crippen LogP contribution in [0.1, 0.15) is 36.9 Å². The molecule has 0 saturated carbocycles. The number of benzene rings is 1. The number of ether oxygens (including phenoxy) is 1. The summed E-state index contributed by atoms with van der Waals surface area (Å²) in [7, 11) is -3.56. The number of aryl methyl sites for hydroxylation is 1. The molecule has 31 heavy (non-hydrogen) atoms. The highest BCUT2D eigenvalue weighted by atomic mass is 79.9. The van der Waals surface area contributed by atoms with E-state index in [0.717, 1.165) is 23.2 Å². The zero-order valence-corrected chi connectivity index (χ0v) is 20.8. The molecule has 2 rings (SSSR count). The minimum absolute atomic E-state index is 0.0962. The molecule has 0 saturated heterocycles. The van der Waals surface area contributed by atoms with E-state index < -0.39 is 33.4 Å². The average Bonchev–Trinajstić information content (AvgIpc) is 2.99. The van der Waals surface area contributed by atoms with Crippen LogP contribution in [0.25, 0.3) is 0 Å². The Bertz CT molecular complexity index is 1070. The molecule has 1 aromatic heterocycles. The second-order valence-electron chi connectivity index (χ2n) is 7.41. The van der Waals surface area contributed by atoms with Gasteiger partial charge in [0.1, 0.15) is 17.9 Å². The number of hydrogen-bond donors (Lipinski definition) is 3. The van der Waals surface area contributed by atoms with Crippen LogP contribution in [0.15, 0.2) is 22.0 Å². The number of carbonyl (C=O) groups excluding carboxylic acids is 2. The molecule has 2 aromatic rings. The summed E-state index contributed by atoms with van der Waals surface area (Å²) in [4.78, 5) is 28.7. The lowest BCUT2D eigenvalue weighted by Gasteiger charge is -2.14. The highest BCUT2D eigenvalue weighted by Crippen LogP contribution is 2.33. The molecule has 2 amide bonds. The van der Waals surface area contributed by atoms with E-state index in [1.807, 2.05) is 32.9 Å². The molecule has 0 aliphatic carbocycles. The van der Waals surface area contributed by atoms with Gasteiger partial charge in [-0.15, -0.1) is 0 Å². The highest BCUT2D eigenvalue weighted by Gasteiger charge is 2.25. The lowest BCUT2D eigenvalue weighted by atomic mass is 10.2. The molecule has 1 heterocycles. The first-order valence-electron chi connectivity index (χ1n) is 9.30. The number of thiazole rings is 1. The van der Waals surface area contributed by atoms with Gasteiger partial charge in [0.2, 0.25) is 11.8 Å². The van der Waals surface area contributed by atoms with Crippen molar-refractivity contribution in [2.24, 2.45) is 11.7 Å². The molecule has 0 aliphatic heterocycles. The van der Waals surface area contributed by atoms with Gasteiger partial charge in [0.05, 0.1) is 16.1 Å². The zero-order chi connectivity index (χ0) is 23.3. The molecule has 1 unspecified atom stereocenters. The third kappa shape index (κ3) is 7.56. The van der Waals surface area contributed by atoms with Crippen LogP contribution in [0.5, 0.6) is 5.75 Å². The summed E-state index contributed by atoms with van der Waals surface area (Å²) in [5.74, 6) is -0.284. The van der Waals surface area contributed by atoms with Crippen molar-refractivity contribution in [3.05, 3.63) is 33.2 Å². The van der Waals surface area contributed by atoms with Crippen molar-refractivity contribution in [2.45, 2.75) is 32.6 Å². The largest absolute Gasteiger partial charge is 0.491 e. The second-order valence-corrected chi connectivity index (χ2v) is 11.9. The second kappa shape index (κ2) is 10.5. The molecule has 0 spiro atoms. The molecular weight excluding hydrogens is 508 g/mol. The summed E-state index contributed by atoms with van der Waals surface area (Å²) in [5.41, 5.74) is 7.24. The van der Waals surface area contributed by atoms with Gasteiger partial charge in [0.15, 0.2) is 20.3 Å². The van der Waals surface area contributed by atoms with Gasteiger partial charge in [-0.3, -0.25) is 9.59 Å². The van der Waals surface area contributed by atoms with Crippen LogP contribution in [0.3, 0.4) is 0 Å². The number of sulfone groups is 1.